The molecule has 0 atom stereocenters. The van der Waals surface area contributed by atoms with Gasteiger partial charge in [0.05, 0.1) is 28.2 Å². The van der Waals surface area contributed by atoms with Crippen molar-refractivity contribution in [3.63, 3.8) is 0 Å². The van der Waals surface area contributed by atoms with Crippen molar-refractivity contribution >= 4 is 20.8 Å². The van der Waals surface area contributed by atoms with Gasteiger partial charge < -0.3 is 72.7 Å². The number of hydrogen-bond donors (Lipinski definition) is 2. The van der Waals surface area contributed by atoms with Crippen molar-refractivity contribution in [3.8, 4) is 0 Å². The van der Waals surface area contributed by atoms with E-state index in [1.54, 1.807) is 0 Å². The molecule has 1 radical (unpaired) electrons. The van der Waals surface area contributed by atoms with Crippen molar-refractivity contribution in [2.75, 3.05) is 28.2 Å². The molecule has 0 fully saturated rings. The molecule has 0 aliphatic heterocycles. The first-order chi connectivity index (χ1) is 6.83. The van der Waals surface area contributed by atoms with Crippen molar-refractivity contribution in [2.24, 2.45) is 0 Å². The van der Waals surface area contributed by atoms with Gasteiger partial charge in [0, 0.05) is 20.8 Å². The number of nitrogens with two attached hydrogens (primary N) is 2. The Bertz CT molecular complexity index is 260. The van der Waals surface area contributed by atoms with E-state index in [1.165, 1.54) is 0 Å². The Morgan fingerprint density at radius 3 is 0.520 bits per heavy atom. The minimum absolute atomic E-state index is 0. The van der Waals surface area contributed by atoms with Gasteiger partial charge in [-0.25, -0.2) is 0 Å². The first-order valence-electron chi connectivity index (χ1n) is 3.64. The fourth-order valence-electron chi connectivity index (χ4n) is 0. The van der Waals surface area contributed by atoms with Crippen LogP contribution in [0.3, 0.4) is 0 Å². The van der Waals surface area contributed by atoms with Crippen LogP contribution in [0.1, 0.15) is 0 Å². The van der Waals surface area contributed by atoms with Crippen molar-refractivity contribution < 1.29 is 106 Å². The second-order valence-corrected chi connectivity index (χ2v) is 3.60. The van der Waals surface area contributed by atoms with Crippen LogP contribution in [-0.2, 0) is 70.4 Å². The van der Waals surface area contributed by atoms with Gasteiger partial charge in [-0.15, -0.1) is 0 Å². The summed E-state index contributed by atoms with van der Waals surface area (Å²) in [6.45, 7) is 0. The molecule has 18 nitrogen and oxygen atoms in total. The van der Waals surface area contributed by atoms with Crippen LogP contribution < -0.4 is 10.6 Å². The predicted octanol–water partition coefficient (Wildman–Crippen LogP) is -12.2. The quantitative estimate of drug-likeness (QED) is 0.185. The van der Waals surface area contributed by atoms with E-state index in [-0.39, 0.29) is 60.6 Å². The monoisotopic (exact) mass is 493 g/mol. The molecule has 0 aromatic rings. The Morgan fingerprint density at radius 1 is 0.520 bits per heavy atom. The van der Waals surface area contributed by atoms with Gasteiger partial charge in [0.15, 0.2) is 0 Å². The molecular weight excluding hydrogens is 455 g/mol. The molecule has 0 saturated heterocycles. The van der Waals surface area contributed by atoms with E-state index in [0.717, 1.165) is 0 Å². The maximum absolute atomic E-state index is 8.52. The number of hydrogen-bond acceptors (Lipinski definition) is 8. The van der Waals surface area contributed by atoms with Gasteiger partial charge in [0.2, 0.25) is 0 Å². The first-order valence-corrected chi connectivity index (χ1v) is 6.31. The van der Waals surface area contributed by atoms with Gasteiger partial charge in [-0.05, 0) is 0 Å². The Hall–Kier alpha value is -0.154. The van der Waals surface area contributed by atoms with Crippen LogP contribution in [0.25, 0.3) is 0 Å². The van der Waals surface area contributed by atoms with Gasteiger partial charge in [-0.3, -0.25) is 16.8 Å². The smallest absolute Gasteiger partial charge is 0.759 e. The van der Waals surface area contributed by atoms with E-state index >= 15 is 0 Å². The summed E-state index contributed by atoms with van der Waals surface area (Å²) in [5.41, 5.74) is 0. The van der Waals surface area contributed by atoms with Gasteiger partial charge >= 0.3 is 16.8 Å². The topological polar surface area (TPSA) is 455 Å². The van der Waals surface area contributed by atoms with E-state index in [9.17, 15) is 0 Å². The summed E-state index contributed by atoms with van der Waals surface area (Å²) >= 11 is 0. The van der Waals surface area contributed by atoms with Crippen molar-refractivity contribution in [1.29, 1.82) is 0 Å². The fraction of sp³-hybridized carbons (Fsp3) is 1.00. The molecule has 0 spiro atoms. The summed E-state index contributed by atoms with van der Waals surface area (Å²) in [6.07, 6.45) is 0. The largest absolute Gasteiger partial charge is 2.00 e. The molecule has 21 heteroatoms. The van der Waals surface area contributed by atoms with E-state index in [4.69, 9.17) is 35.0 Å². The molecule has 0 aliphatic rings. The normalized spacial score (nSPS) is 6.08. The summed E-state index contributed by atoms with van der Waals surface area (Å²) in [5, 5.41) is 4.00. The van der Waals surface area contributed by atoms with Crippen LogP contribution in [-0.4, -0.2) is 74.2 Å². The maximum Gasteiger partial charge on any atom is 2.00 e. The Labute approximate surface area is 155 Å². The SMILES string of the molecule is C[NH2+]C.C[NH2+]C.O.O.O=S(=O)([O-])[O-].O=S(=O)([O-])[O-].[Co+2].[OH3+].[OH3+].[OH3+].[OH3+].[OH3+].[OH3+]. The second kappa shape index (κ2) is 64.9. The minimum Gasteiger partial charge on any atom is -0.759 e. The molecule has 0 unspecified atom stereocenters. The average molecular weight is 493 g/mol. The summed E-state index contributed by atoms with van der Waals surface area (Å²) in [6, 6.07) is 0. The predicted molar refractivity (Wildman–Crippen MR) is 85.0 cm³/mol. The maximum atomic E-state index is 8.52. The van der Waals surface area contributed by atoms with Crippen molar-refractivity contribution in [3.05, 3.63) is 0 Å². The third-order valence-electron chi connectivity index (χ3n) is 0. The summed E-state index contributed by atoms with van der Waals surface area (Å²) in [5.74, 6) is 0. The van der Waals surface area contributed by atoms with Crippen LogP contribution in [0, 0.1) is 0 Å². The van der Waals surface area contributed by atoms with Crippen molar-refractivity contribution in [1.82, 2.24) is 0 Å². The average Bonchev–Trinajstić information content (AvgIpc) is 1.79. The van der Waals surface area contributed by atoms with Crippen LogP contribution in [0.4, 0.5) is 0 Å². The second-order valence-electron chi connectivity index (χ2n) is 1.97. The zero-order chi connectivity index (χ0) is 14.4. The Kier molecular flexibility index (Phi) is 261. The van der Waals surface area contributed by atoms with E-state index < -0.39 is 20.8 Å². The van der Waals surface area contributed by atoms with Gasteiger partial charge in [-0.2, -0.15) is 0 Å². The number of quaternary nitrogens is 2. The summed E-state index contributed by atoms with van der Waals surface area (Å²) in [7, 11) is -2.33. The van der Waals surface area contributed by atoms with E-state index in [0.29, 0.717) is 0 Å². The third kappa shape index (κ3) is 483000. The third-order valence-corrected chi connectivity index (χ3v) is 0. The molecular formula is C4H38CoN2O16S2+6. The van der Waals surface area contributed by atoms with Gasteiger partial charge in [0.25, 0.3) is 0 Å². The van der Waals surface area contributed by atoms with Gasteiger partial charge in [0.1, 0.15) is 0 Å². The first kappa shape index (κ1) is 101. The van der Waals surface area contributed by atoms with Crippen LogP contribution in [0.2, 0.25) is 0 Å². The minimum atomic E-state index is -5.17. The fourth-order valence-corrected chi connectivity index (χ4v) is 0. The van der Waals surface area contributed by atoms with Gasteiger partial charge in [-0.1, -0.05) is 0 Å². The molecule has 0 aliphatic carbocycles. The summed E-state index contributed by atoms with van der Waals surface area (Å²) < 4.78 is 68.2. The Balaban J connectivity index is -0.00000000635. The van der Waals surface area contributed by atoms with E-state index in [1.807, 2.05) is 38.8 Å². The molecule has 0 heterocycles. The zero-order valence-corrected chi connectivity index (χ0v) is 16.7. The molecule has 0 amide bonds. The zero-order valence-electron chi connectivity index (χ0n) is 14.0. The standard InChI is InChI=1S/2C2H7N.Co.2H2O4S.8H2O/c2*1-3-2;;2*1-5(2,3)4;;;;;;;;/h2*3H,1-2H3;;2*(H2,1,2,3,4);8*1H2/q;;+2;;;;;;;;;;/p+4. The van der Waals surface area contributed by atoms with Crippen LogP contribution in [0.15, 0.2) is 0 Å². The van der Waals surface area contributed by atoms with Crippen LogP contribution >= 0.6 is 0 Å². The van der Waals surface area contributed by atoms with E-state index in [2.05, 4.69) is 0 Å². The van der Waals surface area contributed by atoms with Crippen molar-refractivity contribution in [2.45, 2.75) is 0 Å². The molecule has 0 aromatic carbocycles. The van der Waals surface area contributed by atoms with Crippen LogP contribution in [0.5, 0.6) is 0 Å². The molecule has 0 saturated carbocycles. The Morgan fingerprint density at radius 2 is 0.520 bits per heavy atom. The molecule has 0 rings (SSSR count). The molecule has 175 valence electrons. The molecule has 26 N–H and O–H groups in total. The molecule has 0 bridgehead atoms. The number of rotatable bonds is 0. The summed E-state index contributed by atoms with van der Waals surface area (Å²) in [4.78, 5) is 0. The molecule has 0 aromatic heterocycles. The molecule has 25 heavy (non-hydrogen) atoms.